The summed E-state index contributed by atoms with van der Waals surface area (Å²) in [6.07, 6.45) is 2.70. The summed E-state index contributed by atoms with van der Waals surface area (Å²) in [6, 6.07) is 1.40. The number of aliphatic carboxylic acids is 1. The molecule has 0 spiro atoms. The zero-order valence-corrected chi connectivity index (χ0v) is 10.7. The van der Waals surface area contributed by atoms with Crippen LogP contribution in [0.4, 0.5) is 0 Å². The van der Waals surface area contributed by atoms with Crippen molar-refractivity contribution >= 4 is 17.7 Å². The lowest BCUT2D eigenvalue weighted by atomic mass is 10.1. The maximum absolute atomic E-state index is 11.2. The zero-order valence-electron chi connectivity index (χ0n) is 9.92. The summed E-state index contributed by atoms with van der Waals surface area (Å²) in [5.74, 6) is -0.539. The molecule has 0 aliphatic carbocycles. The van der Waals surface area contributed by atoms with Gasteiger partial charge in [0.2, 0.25) is 0 Å². The molecule has 0 aliphatic rings. The van der Waals surface area contributed by atoms with Crippen molar-refractivity contribution in [1.82, 2.24) is 9.55 Å². The molecule has 1 unspecified atom stereocenters. The molecule has 5 nitrogen and oxygen atoms in total. The average Bonchev–Trinajstić information content (AvgIpc) is 2.29. The quantitative estimate of drug-likeness (QED) is 0.616. The van der Waals surface area contributed by atoms with Crippen molar-refractivity contribution < 1.29 is 9.90 Å². The van der Waals surface area contributed by atoms with Crippen LogP contribution in [0.1, 0.15) is 20.3 Å². The van der Waals surface area contributed by atoms with E-state index in [-0.39, 0.29) is 11.3 Å². The normalized spacial score (nSPS) is 12.4. The minimum absolute atomic E-state index is 0.0863. The molecule has 1 aromatic heterocycles. The van der Waals surface area contributed by atoms with Crippen LogP contribution in [-0.4, -0.2) is 26.4 Å². The third-order valence-corrected chi connectivity index (χ3v) is 3.35. The van der Waals surface area contributed by atoms with Crippen LogP contribution >= 0.6 is 11.8 Å². The molecule has 94 valence electrons. The van der Waals surface area contributed by atoms with E-state index in [1.54, 1.807) is 6.20 Å². The Morgan fingerprint density at radius 3 is 2.94 bits per heavy atom. The van der Waals surface area contributed by atoms with Gasteiger partial charge >= 0.3 is 5.97 Å². The van der Waals surface area contributed by atoms with E-state index in [0.29, 0.717) is 11.1 Å². The minimum atomic E-state index is -0.914. The molecular weight excluding hydrogens is 240 g/mol. The Labute approximate surface area is 104 Å². The average molecular weight is 256 g/mol. The first kappa shape index (κ1) is 13.8. The molecule has 0 bridgehead atoms. The van der Waals surface area contributed by atoms with Crippen molar-refractivity contribution in [1.29, 1.82) is 0 Å². The van der Waals surface area contributed by atoms with Crippen LogP contribution in [-0.2, 0) is 11.3 Å². The van der Waals surface area contributed by atoms with E-state index < -0.39 is 5.97 Å². The van der Waals surface area contributed by atoms with E-state index >= 15 is 0 Å². The second-order valence-electron chi connectivity index (χ2n) is 3.90. The highest BCUT2D eigenvalue weighted by Crippen LogP contribution is 2.15. The molecule has 0 fully saturated rings. The number of hydrogen-bond acceptors (Lipinski definition) is 4. The number of carboxylic acids is 1. The maximum atomic E-state index is 11.2. The van der Waals surface area contributed by atoms with Crippen molar-refractivity contribution in [2.45, 2.75) is 32.0 Å². The number of aromatic nitrogens is 2. The van der Waals surface area contributed by atoms with Crippen LogP contribution < -0.4 is 5.56 Å². The summed E-state index contributed by atoms with van der Waals surface area (Å²) in [5, 5.41) is 9.10. The predicted molar refractivity (Wildman–Crippen MR) is 66.3 cm³/mol. The number of thioether (sulfide) groups is 1. The molecule has 0 amide bonds. The highest BCUT2D eigenvalue weighted by molar-refractivity contribution is 7.99. The number of hydrogen-bond donors (Lipinski definition) is 1. The Bertz CT molecular complexity index is 445. The molecule has 17 heavy (non-hydrogen) atoms. The summed E-state index contributed by atoms with van der Waals surface area (Å²) in [7, 11) is 0. The fourth-order valence-electron chi connectivity index (χ4n) is 1.26. The summed E-state index contributed by atoms with van der Waals surface area (Å²) < 4.78 is 1.84. The second-order valence-corrected chi connectivity index (χ2v) is 4.84. The van der Waals surface area contributed by atoms with E-state index in [0.717, 1.165) is 24.7 Å². The Balaban J connectivity index is 2.87. The summed E-state index contributed by atoms with van der Waals surface area (Å²) in [4.78, 5) is 25.5. The second kappa shape index (κ2) is 6.44. The van der Waals surface area contributed by atoms with E-state index in [1.165, 1.54) is 6.07 Å². The number of rotatable bonds is 6. The third-order valence-electron chi connectivity index (χ3n) is 2.38. The third kappa shape index (κ3) is 4.60. The van der Waals surface area contributed by atoms with Crippen LogP contribution in [0.25, 0.3) is 0 Å². The van der Waals surface area contributed by atoms with Crippen molar-refractivity contribution in [2.75, 3.05) is 5.75 Å². The van der Waals surface area contributed by atoms with E-state index in [2.05, 4.69) is 18.8 Å². The molecule has 0 radical (unpaired) electrons. The standard InChI is InChI=1S/C11H16N2O3S/c1-3-8(2)6-13-5-4-9(14)12-11(13)17-7-10(15)16/h4-5,8H,3,6-7H2,1-2H3,(H,15,16). The predicted octanol–water partition coefficient (Wildman–Crippen LogP) is 1.47. The van der Waals surface area contributed by atoms with Crippen LogP contribution in [0.3, 0.4) is 0 Å². The Hall–Kier alpha value is -1.30. The number of carboxylic acid groups (broad SMARTS) is 1. The zero-order chi connectivity index (χ0) is 12.8. The molecule has 1 aromatic rings. The first-order chi connectivity index (χ1) is 8.02. The Morgan fingerprint density at radius 1 is 1.65 bits per heavy atom. The van der Waals surface area contributed by atoms with Gasteiger partial charge in [-0.25, -0.2) is 0 Å². The fourth-order valence-corrected chi connectivity index (χ4v) is 1.97. The summed E-state index contributed by atoms with van der Waals surface area (Å²) in [6.45, 7) is 4.93. The van der Waals surface area contributed by atoms with Crippen LogP contribution in [0, 0.1) is 5.92 Å². The van der Waals surface area contributed by atoms with Gasteiger partial charge < -0.3 is 9.67 Å². The highest BCUT2D eigenvalue weighted by Gasteiger charge is 2.08. The van der Waals surface area contributed by atoms with Crippen molar-refractivity contribution in [3.05, 3.63) is 22.6 Å². The topological polar surface area (TPSA) is 72.2 Å². The first-order valence-electron chi connectivity index (χ1n) is 5.45. The van der Waals surface area contributed by atoms with Crippen molar-refractivity contribution in [2.24, 2.45) is 5.92 Å². The maximum Gasteiger partial charge on any atom is 0.313 e. The summed E-state index contributed by atoms with van der Waals surface area (Å²) >= 11 is 1.07. The van der Waals surface area contributed by atoms with Gasteiger partial charge in [0, 0.05) is 18.8 Å². The minimum Gasteiger partial charge on any atom is -0.481 e. The lowest BCUT2D eigenvalue weighted by Gasteiger charge is -2.14. The molecule has 0 saturated heterocycles. The monoisotopic (exact) mass is 256 g/mol. The lowest BCUT2D eigenvalue weighted by molar-refractivity contribution is -0.133. The van der Waals surface area contributed by atoms with Crippen LogP contribution in [0.2, 0.25) is 0 Å². The van der Waals surface area contributed by atoms with Gasteiger partial charge in [-0.3, -0.25) is 9.59 Å². The molecule has 1 N–H and O–H groups in total. The van der Waals surface area contributed by atoms with Crippen molar-refractivity contribution in [3.8, 4) is 0 Å². The van der Waals surface area contributed by atoms with E-state index in [9.17, 15) is 9.59 Å². The van der Waals surface area contributed by atoms with Gasteiger partial charge in [-0.05, 0) is 5.92 Å². The SMILES string of the molecule is CCC(C)Cn1ccc(=O)nc1SCC(=O)O. The van der Waals surface area contributed by atoms with Crippen molar-refractivity contribution in [3.63, 3.8) is 0 Å². The Kier molecular flexibility index (Phi) is 5.21. The van der Waals surface area contributed by atoms with Gasteiger partial charge in [-0.2, -0.15) is 4.98 Å². The molecule has 0 aliphatic heterocycles. The molecular formula is C11H16N2O3S. The molecule has 1 heterocycles. The summed E-state index contributed by atoms with van der Waals surface area (Å²) in [5.41, 5.74) is -0.335. The van der Waals surface area contributed by atoms with Gasteiger partial charge in [-0.1, -0.05) is 32.0 Å². The smallest absolute Gasteiger partial charge is 0.313 e. The van der Waals surface area contributed by atoms with E-state index in [4.69, 9.17) is 5.11 Å². The Morgan fingerprint density at radius 2 is 2.35 bits per heavy atom. The molecule has 0 aromatic carbocycles. The number of nitrogens with zero attached hydrogens (tertiary/aromatic N) is 2. The number of carbonyl (C=O) groups is 1. The fraction of sp³-hybridized carbons (Fsp3) is 0.545. The molecule has 6 heteroatoms. The van der Waals surface area contributed by atoms with Gasteiger partial charge in [0.1, 0.15) is 0 Å². The van der Waals surface area contributed by atoms with Crippen LogP contribution in [0.5, 0.6) is 0 Å². The molecule has 1 atom stereocenters. The molecule has 1 rings (SSSR count). The van der Waals surface area contributed by atoms with Gasteiger partial charge in [0.05, 0.1) is 5.75 Å². The first-order valence-corrected chi connectivity index (χ1v) is 6.43. The lowest BCUT2D eigenvalue weighted by Crippen LogP contribution is -2.17. The molecule has 0 saturated carbocycles. The highest BCUT2D eigenvalue weighted by atomic mass is 32.2. The van der Waals surface area contributed by atoms with Gasteiger partial charge in [-0.15, -0.1) is 0 Å². The van der Waals surface area contributed by atoms with Crippen LogP contribution in [0.15, 0.2) is 22.2 Å². The van der Waals surface area contributed by atoms with Gasteiger partial charge in [0.25, 0.3) is 5.56 Å². The largest absolute Gasteiger partial charge is 0.481 e. The van der Waals surface area contributed by atoms with Gasteiger partial charge in [0.15, 0.2) is 5.16 Å². The van der Waals surface area contributed by atoms with E-state index in [1.807, 2.05) is 4.57 Å².